The Morgan fingerprint density at radius 2 is 1.67 bits per heavy atom. The molecule has 0 aliphatic carbocycles. The Hall–Kier alpha value is -2.28. The number of halogens is 3. The Morgan fingerprint density at radius 3 is 2.33 bits per heavy atom. The van der Waals surface area contributed by atoms with Crippen molar-refractivity contribution in [3.63, 3.8) is 0 Å². The maximum Gasteiger partial charge on any atom is 0.248 e. The van der Waals surface area contributed by atoms with Gasteiger partial charge in [-0.15, -0.1) is 10.2 Å². The van der Waals surface area contributed by atoms with Gasteiger partial charge in [0.1, 0.15) is 5.82 Å². The van der Waals surface area contributed by atoms with Crippen LogP contribution in [0.4, 0.5) is 13.2 Å². The second-order valence-electron chi connectivity index (χ2n) is 5.09. The Labute approximate surface area is 141 Å². The van der Waals surface area contributed by atoms with E-state index in [4.69, 9.17) is 0 Å². The van der Waals surface area contributed by atoms with Crippen LogP contribution >= 0.6 is 11.8 Å². The molecule has 0 saturated heterocycles. The lowest BCUT2D eigenvalue weighted by Crippen LogP contribution is -2.05. The van der Waals surface area contributed by atoms with Crippen molar-refractivity contribution >= 4 is 11.8 Å². The SMILES string of the molecule is Fc1ccc(-c2nnc(SCC(F)F)n2Cc2ccccc2)cc1. The quantitative estimate of drug-likeness (QED) is 0.614. The van der Waals surface area contributed by atoms with E-state index < -0.39 is 6.43 Å². The van der Waals surface area contributed by atoms with Crippen LogP contribution in [0.1, 0.15) is 5.56 Å². The summed E-state index contributed by atoms with van der Waals surface area (Å²) in [6.45, 7) is 0.451. The zero-order valence-electron chi connectivity index (χ0n) is 12.6. The molecule has 0 radical (unpaired) electrons. The normalized spacial score (nSPS) is 11.2. The molecular weight excluding hydrogens is 335 g/mol. The molecule has 2 aromatic carbocycles. The Morgan fingerprint density at radius 1 is 0.958 bits per heavy atom. The molecule has 0 amide bonds. The molecule has 0 fully saturated rings. The van der Waals surface area contributed by atoms with Crippen molar-refractivity contribution in [1.82, 2.24) is 14.8 Å². The van der Waals surface area contributed by atoms with Gasteiger partial charge in [0.15, 0.2) is 11.0 Å². The first-order valence-corrected chi connectivity index (χ1v) is 8.26. The monoisotopic (exact) mass is 349 g/mol. The lowest BCUT2D eigenvalue weighted by atomic mass is 10.2. The molecule has 0 N–H and O–H groups in total. The summed E-state index contributed by atoms with van der Waals surface area (Å²) in [5.74, 6) is -0.174. The number of thioether (sulfide) groups is 1. The molecule has 0 aliphatic heterocycles. The average molecular weight is 349 g/mol. The largest absolute Gasteiger partial charge is 0.298 e. The topological polar surface area (TPSA) is 30.7 Å². The lowest BCUT2D eigenvalue weighted by Gasteiger charge is -2.10. The van der Waals surface area contributed by atoms with Gasteiger partial charge < -0.3 is 0 Å². The van der Waals surface area contributed by atoms with Gasteiger partial charge in [-0.05, 0) is 29.8 Å². The second-order valence-corrected chi connectivity index (χ2v) is 6.07. The zero-order valence-corrected chi connectivity index (χ0v) is 13.4. The van der Waals surface area contributed by atoms with Crippen molar-refractivity contribution in [2.75, 3.05) is 5.75 Å². The van der Waals surface area contributed by atoms with Crippen LogP contribution in [0.15, 0.2) is 59.8 Å². The number of hydrogen-bond acceptors (Lipinski definition) is 3. The van der Waals surface area contributed by atoms with Crippen molar-refractivity contribution in [2.45, 2.75) is 18.1 Å². The second kappa shape index (κ2) is 7.53. The minimum atomic E-state index is -2.42. The first kappa shape index (κ1) is 16.6. The molecule has 0 aliphatic rings. The van der Waals surface area contributed by atoms with E-state index in [-0.39, 0.29) is 11.6 Å². The van der Waals surface area contributed by atoms with E-state index in [9.17, 15) is 13.2 Å². The molecule has 124 valence electrons. The van der Waals surface area contributed by atoms with Crippen molar-refractivity contribution < 1.29 is 13.2 Å². The minimum absolute atomic E-state index is 0.347. The molecule has 7 heteroatoms. The molecule has 0 spiro atoms. The van der Waals surface area contributed by atoms with Gasteiger partial charge in [-0.3, -0.25) is 4.57 Å². The summed E-state index contributed by atoms with van der Waals surface area (Å²) in [5.41, 5.74) is 1.68. The van der Waals surface area contributed by atoms with Gasteiger partial charge >= 0.3 is 0 Å². The van der Waals surface area contributed by atoms with Crippen LogP contribution in [-0.4, -0.2) is 26.9 Å². The maximum absolute atomic E-state index is 13.1. The van der Waals surface area contributed by atoms with Crippen molar-refractivity contribution in [3.05, 3.63) is 66.0 Å². The summed E-state index contributed by atoms with van der Waals surface area (Å²) in [5, 5.41) is 8.56. The van der Waals surface area contributed by atoms with Gasteiger partial charge in [-0.25, -0.2) is 13.2 Å². The molecular formula is C17H14F3N3S. The van der Waals surface area contributed by atoms with E-state index in [1.807, 2.05) is 30.3 Å². The highest BCUT2D eigenvalue weighted by molar-refractivity contribution is 7.99. The summed E-state index contributed by atoms with van der Waals surface area (Å²) >= 11 is 0.958. The molecule has 24 heavy (non-hydrogen) atoms. The van der Waals surface area contributed by atoms with E-state index in [1.165, 1.54) is 12.1 Å². The first-order valence-electron chi connectivity index (χ1n) is 7.27. The fraction of sp³-hybridized carbons (Fsp3) is 0.176. The average Bonchev–Trinajstić information content (AvgIpc) is 2.97. The maximum atomic E-state index is 13.1. The molecule has 0 unspecified atom stereocenters. The molecule has 0 bridgehead atoms. The summed E-state index contributed by atoms with van der Waals surface area (Å²) in [7, 11) is 0. The summed E-state index contributed by atoms with van der Waals surface area (Å²) in [4.78, 5) is 0. The minimum Gasteiger partial charge on any atom is -0.298 e. The Kier molecular flexibility index (Phi) is 5.20. The van der Waals surface area contributed by atoms with E-state index >= 15 is 0 Å². The van der Waals surface area contributed by atoms with Gasteiger partial charge in [-0.2, -0.15) is 0 Å². The van der Waals surface area contributed by atoms with Gasteiger partial charge in [0.25, 0.3) is 0 Å². The number of nitrogens with zero attached hydrogens (tertiary/aromatic N) is 3. The van der Waals surface area contributed by atoms with Gasteiger partial charge in [-0.1, -0.05) is 42.1 Å². The van der Waals surface area contributed by atoms with Gasteiger partial charge in [0, 0.05) is 5.56 Å². The third kappa shape index (κ3) is 3.97. The van der Waals surface area contributed by atoms with Crippen LogP contribution in [0.3, 0.4) is 0 Å². The van der Waals surface area contributed by atoms with E-state index in [0.29, 0.717) is 23.1 Å². The lowest BCUT2D eigenvalue weighted by molar-refractivity contribution is 0.176. The molecule has 0 atom stereocenters. The highest BCUT2D eigenvalue weighted by Crippen LogP contribution is 2.26. The van der Waals surface area contributed by atoms with Crippen LogP contribution in [0.25, 0.3) is 11.4 Å². The third-order valence-electron chi connectivity index (χ3n) is 3.34. The standard InChI is InChI=1S/C17H14F3N3S/c18-14-8-6-13(7-9-14)16-21-22-17(24-11-15(19)20)23(16)10-12-4-2-1-3-5-12/h1-9,15H,10-11H2. The fourth-order valence-corrected chi connectivity index (χ4v) is 2.93. The van der Waals surface area contributed by atoms with E-state index in [1.54, 1.807) is 16.7 Å². The Balaban J connectivity index is 1.97. The van der Waals surface area contributed by atoms with Crippen LogP contribution in [-0.2, 0) is 6.54 Å². The molecule has 0 saturated carbocycles. The van der Waals surface area contributed by atoms with Crippen molar-refractivity contribution in [2.24, 2.45) is 0 Å². The van der Waals surface area contributed by atoms with Crippen LogP contribution < -0.4 is 0 Å². The highest BCUT2D eigenvalue weighted by atomic mass is 32.2. The summed E-state index contributed by atoms with van der Waals surface area (Å²) < 4.78 is 40.0. The van der Waals surface area contributed by atoms with Crippen molar-refractivity contribution in [3.8, 4) is 11.4 Å². The third-order valence-corrected chi connectivity index (χ3v) is 4.32. The molecule has 3 rings (SSSR count). The summed E-state index contributed by atoms with van der Waals surface area (Å²) in [6.07, 6.45) is -2.42. The highest BCUT2D eigenvalue weighted by Gasteiger charge is 2.16. The van der Waals surface area contributed by atoms with Crippen molar-refractivity contribution in [1.29, 1.82) is 0 Å². The molecule has 3 aromatic rings. The number of hydrogen-bond donors (Lipinski definition) is 0. The summed E-state index contributed by atoms with van der Waals surface area (Å²) in [6, 6.07) is 15.5. The molecule has 3 nitrogen and oxygen atoms in total. The Bertz CT molecular complexity index is 789. The first-order chi connectivity index (χ1) is 11.6. The smallest absolute Gasteiger partial charge is 0.248 e. The number of benzene rings is 2. The van der Waals surface area contributed by atoms with E-state index in [2.05, 4.69) is 10.2 Å². The predicted molar refractivity (Wildman–Crippen MR) is 87.7 cm³/mol. The van der Waals surface area contributed by atoms with Crippen LogP contribution in [0.2, 0.25) is 0 Å². The molecule has 1 heterocycles. The number of alkyl halides is 2. The molecule has 1 aromatic heterocycles. The fourth-order valence-electron chi connectivity index (χ4n) is 2.25. The zero-order chi connectivity index (χ0) is 16.9. The van der Waals surface area contributed by atoms with Gasteiger partial charge in [0.2, 0.25) is 6.43 Å². The van der Waals surface area contributed by atoms with E-state index in [0.717, 1.165) is 17.3 Å². The number of aromatic nitrogens is 3. The predicted octanol–water partition coefficient (Wildman–Crippen LogP) is 4.49. The van der Waals surface area contributed by atoms with Gasteiger partial charge in [0.05, 0.1) is 12.3 Å². The van der Waals surface area contributed by atoms with Crippen LogP contribution in [0.5, 0.6) is 0 Å². The number of rotatable bonds is 6. The van der Waals surface area contributed by atoms with Crippen LogP contribution in [0, 0.1) is 5.82 Å².